The Morgan fingerprint density at radius 2 is 0.969 bits per heavy atom. The fourth-order valence-corrected chi connectivity index (χ4v) is 4.95. The van der Waals surface area contributed by atoms with Crippen LogP contribution < -0.4 is 0 Å². The van der Waals surface area contributed by atoms with Gasteiger partial charge in [-0.2, -0.15) is 0 Å². The monoisotopic (exact) mass is 454 g/mol. The van der Waals surface area contributed by atoms with Crippen LogP contribution in [0.15, 0.2) is 24.3 Å². The standard InChI is InChI=1S/C25H24F6O/c26-20-7-15(8-21(27)24(20)30)18(13-3-1-4-13)11-17(32)12-19(14-5-2-6-14)16-9-22(28)25(31)23(29)10-16/h7-10,13-14,18-19H,1-6,11-12H2. The van der Waals surface area contributed by atoms with Crippen molar-refractivity contribution in [3.63, 3.8) is 0 Å². The number of hydrogen-bond donors (Lipinski definition) is 0. The summed E-state index contributed by atoms with van der Waals surface area (Å²) >= 11 is 0. The summed E-state index contributed by atoms with van der Waals surface area (Å²) in [5.41, 5.74) is 0.497. The molecule has 2 atom stereocenters. The molecule has 0 saturated heterocycles. The van der Waals surface area contributed by atoms with E-state index in [-0.39, 0.29) is 41.6 Å². The summed E-state index contributed by atoms with van der Waals surface area (Å²) in [4.78, 5) is 13.0. The molecule has 2 aromatic rings. The number of ketones is 1. The van der Waals surface area contributed by atoms with E-state index in [1.807, 2.05) is 0 Å². The average molecular weight is 454 g/mol. The molecule has 1 nitrogen and oxygen atoms in total. The normalized spacial score (nSPS) is 18.7. The lowest BCUT2D eigenvalue weighted by Crippen LogP contribution is -2.26. The summed E-state index contributed by atoms with van der Waals surface area (Å²) in [6, 6.07) is 3.79. The van der Waals surface area contributed by atoms with Crippen LogP contribution in [0.5, 0.6) is 0 Å². The number of carbonyl (C=O) groups is 1. The van der Waals surface area contributed by atoms with Crippen molar-refractivity contribution in [1.29, 1.82) is 0 Å². The fourth-order valence-electron chi connectivity index (χ4n) is 4.95. The first kappa shape index (κ1) is 22.9. The van der Waals surface area contributed by atoms with E-state index in [1.54, 1.807) is 0 Å². The van der Waals surface area contributed by atoms with E-state index in [4.69, 9.17) is 0 Å². The van der Waals surface area contributed by atoms with Crippen molar-refractivity contribution in [2.24, 2.45) is 11.8 Å². The van der Waals surface area contributed by atoms with Gasteiger partial charge in [-0.3, -0.25) is 4.79 Å². The van der Waals surface area contributed by atoms with Crippen LogP contribution in [0.2, 0.25) is 0 Å². The van der Waals surface area contributed by atoms with Crippen molar-refractivity contribution < 1.29 is 31.1 Å². The second kappa shape index (κ2) is 9.28. The molecule has 7 heteroatoms. The van der Waals surface area contributed by atoms with Crippen LogP contribution in [-0.2, 0) is 4.79 Å². The van der Waals surface area contributed by atoms with Gasteiger partial charge in [-0.05, 0) is 84.7 Å². The van der Waals surface area contributed by atoms with E-state index >= 15 is 0 Å². The van der Waals surface area contributed by atoms with Gasteiger partial charge < -0.3 is 0 Å². The minimum Gasteiger partial charge on any atom is -0.300 e. The van der Waals surface area contributed by atoms with E-state index < -0.39 is 46.7 Å². The van der Waals surface area contributed by atoms with E-state index in [9.17, 15) is 31.1 Å². The molecular formula is C25H24F6O. The third-order valence-corrected chi connectivity index (χ3v) is 7.20. The molecule has 4 rings (SSSR count). The van der Waals surface area contributed by atoms with Crippen LogP contribution in [0, 0.1) is 46.7 Å². The van der Waals surface area contributed by atoms with Crippen molar-refractivity contribution in [1.82, 2.24) is 0 Å². The summed E-state index contributed by atoms with van der Waals surface area (Å²) in [6.07, 6.45) is 5.12. The zero-order valence-corrected chi connectivity index (χ0v) is 17.5. The highest BCUT2D eigenvalue weighted by Gasteiger charge is 2.35. The largest absolute Gasteiger partial charge is 0.300 e. The van der Waals surface area contributed by atoms with E-state index in [0.29, 0.717) is 0 Å². The summed E-state index contributed by atoms with van der Waals surface area (Å²) < 4.78 is 82.1. The molecular weight excluding hydrogens is 430 g/mol. The Bertz CT molecular complexity index is 886. The molecule has 2 saturated carbocycles. The van der Waals surface area contributed by atoms with Gasteiger partial charge in [-0.25, -0.2) is 26.3 Å². The third kappa shape index (κ3) is 4.57. The topological polar surface area (TPSA) is 17.1 Å². The van der Waals surface area contributed by atoms with Crippen LogP contribution >= 0.6 is 0 Å². The van der Waals surface area contributed by atoms with Gasteiger partial charge in [0.15, 0.2) is 34.9 Å². The second-order valence-corrected chi connectivity index (χ2v) is 9.14. The smallest absolute Gasteiger partial charge is 0.194 e. The predicted octanol–water partition coefficient (Wildman–Crippen LogP) is 7.34. The summed E-state index contributed by atoms with van der Waals surface area (Å²) in [7, 11) is 0. The van der Waals surface area contributed by atoms with Crippen LogP contribution in [0.1, 0.15) is 74.3 Å². The van der Waals surface area contributed by atoms with Crippen LogP contribution in [0.25, 0.3) is 0 Å². The maximum atomic E-state index is 13.8. The molecule has 2 fully saturated rings. The number of Topliss-reactive ketones (excluding diaryl/α,β-unsaturated/α-hetero) is 1. The summed E-state index contributed by atoms with van der Waals surface area (Å²) in [6.45, 7) is 0. The molecule has 2 aliphatic carbocycles. The Kier molecular flexibility index (Phi) is 6.63. The van der Waals surface area contributed by atoms with Crippen molar-refractivity contribution in [2.45, 2.75) is 63.2 Å². The van der Waals surface area contributed by atoms with Gasteiger partial charge in [0.2, 0.25) is 0 Å². The van der Waals surface area contributed by atoms with E-state index in [0.717, 1.165) is 62.8 Å². The third-order valence-electron chi connectivity index (χ3n) is 7.20. The second-order valence-electron chi connectivity index (χ2n) is 9.14. The first-order valence-electron chi connectivity index (χ1n) is 11.0. The van der Waals surface area contributed by atoms with Gasteiger partial charge in [-0.1, -0.05) is 12.8 Å². The first-order valence-corrected chi connectivity index (χ1v) is 11.0. The van der Waals surface area contributed by atoms with Crippen molar-refractivity contribution in [2.75, 3.05) is 0 Å². The highest BCUT2D eigenvalue weighted by molar-refractivity contribution is 5.80. The Morgan fingerprint density at radius 1 is 0.656 bits per heavy atom. The van der Waals surface area contributed by atoms with Crippen molar-refractivity contribution in [3.8, 4) is 0 Å². The van der Waals surface area contributed by atoms with Crippen molar-refractivity contribution >= 4 is 5.78 Å². The lowest BCUT2D eigenvalue weighted by molar-refractivity contribution is -0.120. The Labute approximate surface area is 182 Å². The molecule has 0 N–H and O–H groups in total. The Balaban J connectivity index is 1.56. The maximum absolute atomic E-state index is 13.8. The molecule has 2 aromatic carbocycles. The fraction of sp³-hybridized carbons (Fsp3) is 0.480. The number of halogens is 6. The molecule has 2 unspecified atom stereocenters. The number of hydrogen-bond acceptors (Lipinski definition) is 1. The summed E-state index contributed by atoms with van der Waals surface area (Å²) in [5, 5.41) is 0. The van der Waals surface area contributed by atoms with Gasteiger partial charge in [0.1, 0.15) is 5.78 Å². The number of benzene rings is 2. The predicted molar refractivity (Wildman–Crippen MR) is 107 cm³/mol. The highest BCUT2D eigenvalue weighted by atomic mass is 19.2. The average Bonchev–Trinajstić information content (AvgIpc) is 2.65. The van der Waals surface area contributed by atoms with Gasteiger partial charge in [0.05, 0.1) is 0 Å². The van der Waals surface area contributed by atoms with Crippen LogP contribution in [0.3, 0.4) is 0 Å². The SMILES string of the molecule is O=C(CC(c1cc(F)c(F)c(F)c1)C1CCC1)CC(c1cc(F)c(F)c(F)c1)C1CCC1. The quantitative estimate of drug-likeness (QED) is 0.301. The molecule has 0 spiro atoms. The van der Waals surface area contributed by atoms with E-state index in [2.05, 4.69) is 0 Å². The van der Waals surface area contributed by atoms with Gasteiger partial charge >= 0.3 is 0 Å². The zero-order valence-electron chi connectivity index (χ0n) is 17.5. The Hall–Kier alpha value is -2.31. The molecule has 172 valence electrons. The molecule has 2 aliphatic rings. The minimum absolute atomic E-state index is 0.00452. The zero-order chi connectivity index (χ0) is 23.0. The molecule has 0 amide bonds. The number of rotatable bonds is 8. The minimum atomic E-state index is -1.54. The number of carbonyl (C=O) groups excluding carboxylic acids is 1. The Morgan fingerprint density at radius 3 is 1.22 bits per heavy atom. The van der Waals surface area contributed by atoms with Gasteiger partial charge in [0.25, 0.3) is 0 Å². The molecule has 0 bridgehead atoms. The van der Waals surface area contributed by atoms with Gasteiger partial charge in [0, 0.05) is 12.8 Å². The van der Waals surface area contributed by atoms with Crippen LogP contribution in [0.4, 0.5) is 26.3 Å². The van der Waals surface area contributed by atoms with Crippen LogP contribution in [-0.4, -0.2) is 5.78 Å². The van der Waals surface area contributed by atoms with E-state index in [1.165, 1.54) is 0 Å². The first-order chi connectivity index (χ1) is 15.2. The molecule has 0 radical (unpaired) electrons. The lowest BCUT2D eigenvalue weighted by Gasteiger charge is -2.36. The maximum Gasteiger partial charge on any atom is 0.194 e. The molecule has 0 aromatic heterocycles. The van der Waals surface area contributed by atoms with Crippen molar-refractivity contribution in [3.05, 3.63) is 70.3 Å². The molecule has 32 heavy (non-hydrogen) atoms. The highest BCUT2D eigenvalue weighted by Crippen LogP contribution is 2.45. The lowest BCUT2D eigenvalue weighted by atomic mass is 9.68. The van der Waals surface area contributed by atoms with Gasteiger partial charge in [-0.15, -0.1) is 0 Å². The summed E-state index contributed by atoms with van der Waals surface area (Å²) in [5.74, 6) is -9.23. The molecule has 0 aliphatic heterocycles. The molecule has 0 heterocycles.